The molecule has 1 N–H and O–H groups in total. The molecule has 1 aromatic rings. The number of ether oxygens (including phenoxy) is 2. The summed E-state index contributed by atoms with van der Waals surface area (Å²) in [6.07, 6.45) is 3.96. The lowest BCUT2D eigenvalue weighted by Gasteiger charge is -2.28. The van der Waals surface area contributed by atoms with Crippen LogP contribution in [0.4, 0.5) is 5.69 Å². The number of amides is 1. The Bertz CT molecular complexity index is 430. The third kappa shape index (κ3) is 5.38. The van der Waals surface area contributed by atoms with Gasteiger partial charge in [-0.2, -0.15) is 0 Å². The summed E-state index contributed by atoms with van der Waals surface area (Å²) in [4.78, 5) is 12.5. The molecule has 0 fully saturated rings. The topological polar surface area (TPSA) is 47.6 Å². The van der Waals surface area contributed by atoms with E-state index in [-0.39, 0.29) is 5.91 Å². The monoisotopic (exact) mass is 293 g/mol. The van der Waals surface area contributed by atoms with E-state index < -0.39 is 5.60 Å². The molecule has 4 nitrogen and oxygen atoms in total. The molecule has 0 radical (unpaired) electrons. The second-order valence-corrected chi connectivity index (χ2v) is 5.30. The fraction of sp³-hybridized carbons (Fsp3) is 0.588. The number of carbonyl (C=O) groups excluding carboxylic acids is 1. The first kappa shape index (κ1) is 17.5. The van der Waals surface area contributed by atoms with Gasteiger partial charge in [-0.1, -0.05) is 26.2 Å². The molecule has 118 valence electrons. The van der Waals surface area contributed by atoms with Crippen LogP contribution in [0.2, 0.25) is 0 Å². The summed E-state index contributed by atoms with van der Waals surface area (Å²) < 4.78 is 10.8. The Kier molecular flexibility index (Phi) is 7.23. The van der Waals surface area contributed by atoms with Crippen LogP contribution in [0.3, 0.4) is 0 Å². The highest BCUT2D eigenvalue weighted by molar-refractivity contribution is 5.97. The molecular formula is C17H27NO3. The zero-order valence-electron chi connectivity index (χ0n) is 13.6. The predicted octanol–water partition coefficient (Wildman–Crippen LogP) is 4.01. The standard InChI is InChI=1S/C17H27NO3/c1-5-7-8-13-17(3,21-6-2)16(19)18-14-9-11-15(20-4)12-10-14/h9-12H,5-8,13H2,1-4H3,(H,18,19). The van der Waals surface area contributed by atoms with Gasteiger partial charge in [-0.05, 0) is 44.5 Å². The second kappa shape index (κ2) is 8.67. The number of benzene rings is 1. The van der Waals surface area contributed by atoms with Gasteiger partial charge in [0.1, 0.15) is 11.4 Å². The molecule has 0 aromatic heterocycles. The van der Waals surface area contributed by atoms with Crippen LogP contribution < -0.4 is 10.1 Å². The molecule has 0 saturated heterocycles. The van der Waals surface area contributed by atoms with E-state index in [0.717, 1.165) is 37.1 Å². The minimum atomic E-state index is -0.774. The van der Waals surface area contributed by atoms with Crippen molar-refractivity contribution < 1.29 is 14.3 Å². The number of carbonyl (C=O) groups is 1. The number of methoxy groups -OCH3 is 1. The van der Waals surface area contributed by atoms with Crippen molar-refractivity contribution in [3.8, 4) is 5.75 Å². The average Bonchev–Trinajstić information content (AvgIpc) is 2.48. The minimum Gasteiger partial charge on any atom is -0.497 e. The first-order valence-corrected chi connectivity index (χ1v) is 7.65. The summed E-state index contributed by atoms with van der Waals surface area (Å²) in [6, 6.07) is 7.31. The maximum absolute atomic E-state index is 12.5. The number of nitrogens with one attached hydrogen (secondary N) is 1. The lowest BCUT2D eigenvalue weighted by molar-refractivity contribution is -0.139. The van der Waals surface area contributed by atoms with Crippen molar-refractivity contribution in [3.63, 3.8) is 0 Å². The highest BCUT2D eigenvalue weighted by Gasteiger charge is 2.33. The summed E-state index contributed by atoms with van der Waals surface area (Å²) >= 11 is 0. The van der Waals surface area contributed by atoms with Crippen molar-refractivity contribution in [2.75, 3.05) is 19.0 Å². The molecule has 4 heteroatoms. The van der Waals surface area contributed by atoms with Gasteiger partial charge >= 0.3 is 0 Å². The molecule has 1 unspecified atom stereocenters. The van der Waals surface area contributed by atoms with Crippen LogP contribution in [-0.4, -0.2) is 25.2 Å². The second-order valence-electron chi connectivity index (χ2n) is 5.30. The normalized spacial score (nSPS) is 13.5. The van der Waals surface area contributed by atoms with E-state index in [1.54, 1.807) is 7.11 Å². The highest BCUT2D eigenvalue weighted by Crippen LogP contribution is 2.23. The lowest BCUT2D eigenvalue weighted by Crippen LogP contribution is -2.42. The SMILES string of the molecule is CCCCCC(C)(OCC)C(=O)Nc1ccc(OC)cc1. The zero-order chi connectivity index (χ0) is 15.7. The third-order valence-electron chi connectivity index (χ3n) is 3.55. The number of unbranched alkanes of at least 4 members (excludes halogenated alkanes) is 2. The molecule has 1 amide bonds. The Morgan fingerprint density at radius 3 is 2.38 bits per heavy atom. The summed E-state index contributed by atoms with van der Waals surface area (Å²) in [5.74, 6) is 0.675. The van der Waals surface area contributed by atoms with Gasteiger partial charge in [0.05, 0.1) is 7.11 Å². The fourth-order valence-corrected chi connectivity index (χ4v) is 2.22. The van der Waals surface area contributed by atoms with E-state index in [2.05, 4.69) is 12.2 Å². The Morgan fingerprint density at radius 2 is 1.86 bits per heavy atom. The fourth-order valence-electron chi connectivity index (χ4n) is 2.22. The van der Waals surface area contributed by atoms with Crippen LogP contribution in [0.15, 0.2) is 24.3 Å². The van der Waals surface area contributed by atoms with E-state index >= 15 is 0 Å². The number of hydrogen-bond donors (Lipinski definition) is 1. The zero-order valence-corrected chi connectivity index (χ0v) is 13.6. The molecule has 0 heterocycles. The minimum absolute atomic E-state index is 0.0920. The van der Waals surface area contributed by atoms with Crippen molar-refractivity contribution in [2.45, 2.75) is 52.1 Å². The van der Waals surface area contributed by atoms with Crippen molar-refractivity contribution >= 4 is 11.6 Å². The van der Waals surface area contributed by atoms with E-state index in [1.165, 1.54) is 0 Å². The van der Waals surface area contributed by atoms with Crippen LogP contribution >= 0.6 is 0 Å². The van der Waals surface area contributed by atoms with E-state index in [9.17, 15) is 4.79 Å². The van der Waals surface area contributed by atoms with Gasteiger partial charge in [0.2, 0.25) is 0 Å². The summed E-state index contributed by atoms with van der Waals surface area (Å²) in [5, 5.41) is 2.93. The molecular weight excluding hydrogens is 266 g/mol. The molecule has 1 aromatic carbocycles. The van der Waals surface area contributed by atoms with Gasteiger partial charge in [-0.25, -0.2) is 0 Å². The van der Waals surface area contributed by atoms with Gasteiger partial charge in [0.25, 0.3) is 5.91 Å². The summed E-state index contributed by atoms with van der Waals surface area (Å²) in [5.41, 5.74) is -0.0219. The van der Waals surface area contributed by atoms with E-state index in [4.69, 9.17) is 9.47 Å². The Hall–Kier alpha value is -1.55. The molecule has 0 spiro atoms. The maximum Gasteiger partial charge on any atom is 0.256 e. The lowest BCUT2D eigenvalue weighted by atomic mass is 9.96. The van der Waals surface area contributed by atoms with Crippen LogP contribution in [0, 0.1) is 0 Å². The molecule has 1 atom stereocenters. The highest BCUT2D eigenvalue weighted by atomic mass is 16.5. The van der Waals surface area contributed by atoms with Crippen molar-refractivity contribution in [1.29, 1.82) is 0 Å². The van der Waals surface area contributed by atoms with Crippen LogP contribution in [0.25, 0.3) is 0 Å². The molecule has 1 rings (SSSR count). The smallest absolute Gasteiger partial charge is 0.256 e. The Morgan fingerprint density at radius 1 is 1.19 bits per heavy atom. The summed E-state index contributed by atoms with van der Waals surface area (Å²) in [6.45, 7) is 6.46. The largest absolute Gasteiger partial charge is 0.497 e. The number of anilines is 1. The quantitative estimate of drug-likeness (QED) is 0.700. The van der Waals surface area contributed by atoms with Crippen molar-refractivity contribution in [3.05, 3.63) is 24.3 Å². The molecule has 21 heavy (non-hydrogen) atoms. The summed E-state index contributed by atoms with van der Waals surface area (Å²) in [7, 11) is 1.62. The van der Waals surface area contributed by atoms with Crippen LogP contribution in [0.5, 0.6) is 5.75 Å². The molecule has 0 aliphatic heterocycles. The number of hydrogen-bond acceptors (Lipinski definition) is 3. The van der Waals surface area contributed by atoms with E-state index in [1.807, 2.05) is 38.1 Å². The van der Waals surface area contributed by atoms with Gasteiger partial charge in [0, 0.05) is 12.3 Å². The molecule has 0 bridgehead atoms. The first-order chi connectivity index (χ1) is 10.1. The van der Waals surface area contributed by atoms with Crippen LogP contribution in [-0.2, 0) is 9.53 Å². The van der Waals surface area contributed by atoms with E-state index in [0.29, 0.717) is 6.61 Å². The third-order valence-corrected chi connectivity index (χ3v) is 3.55. The van der Waals surface area contributed by atoms with Gasteiger partial charge in [-0.15, -0.1) is 0 Å². The molecule has 0 aliphatic rings. The van der Waals surface area contributed by atoms with Crippen LogP contribution in [0.1, 0.15) is 46.5 Å². The average molecular weight is 293 g/mol. The maximum atomic E-state index is 12.5. The van der Waals surface area contributed by atoms with Gasteiger partial charge in [-0.3, -0.25) is 4.79 Å². The molecule has 0 aliphatic carbocycles. The van der Waals surface area contributed by atoms with Crippen molar-refractivity contribution in [1.82, 2.24) is 0 Å². The van der Waals surface area contributed by atoms with Crippen molar-refractivity contribution in [2.24, 2.45) is 0 Å². The Balaban J connectivity index is 2.70. The number of rotatable bonds is 9. The first-order valence-electron chi connectivity index (χ1n) is 7.65. The Labute approximate surface area is 127 Å². The molecule has 0 saturated carbocycles. The predicted molar refractivity (Wildman–Crippen MR) is 85.8 cm³/mol. The van der Waals surface area contributed by atoms with Gasteiger partial charge < -0.3 is 14.8 Å². The van der Waals surface area contributed by atoms with Gasteiger partial charge in [0.15, 0.2) is 0 Å².